The van der Waals surface area contributed by atoms with Gasteiger partial charge in [0.15, 0.2) is 0 Å². The van der Waals surface area contributed by atoms with E-state index in [-0.39, 0.29) is 0 Å². The molecular formula is C28H40N6. The van der Waals surface area contributed by atoms with Crippen LogP contribution in [-0.4, -0.2) is 76.6 Å². The molecule has 2 aliphatic rings. The molecule has 0 bridgehead atoms. The summed E-state index contributed by atoms with van der Waals surface area (Å²) in [7, 11) is 6.59. The maximum Gasteiger partial charge on any atom is 0.124 e. The van der Waals surface area contributed by atoms with E-state index in [1.54, 1.807) is 0 Å². The highest BCUT2D eigenvalue weighted by Crippen LogP contribution is 2.33. The number of pyridine rings is 1. The van der Waals surface area contributed by atoms with Gasteiger partial charge in [-0.15, -0.1) is 0 Å². The molecule has 0 N–H and O–H groups in total. The van der Waals surface area contributed by atoms with Crippen LogP contribution in [0.15, 0.2) is 42.6 Å². The highest BCUT2D eigenvalue weighted by molar-refractivity contribution is 5.75. The average molecular weight is 461 g/mol. The van der Waals surface area contributed by atoms with Crippen molar-refractivity contribution in [3.63, 3.8) is 0 Å². The van der Waals surface area contributed by atoms with Gasteiger partial charge in [0.2, 0.25) is 0 Å². The number of fused-ring (bicyclic) bond motifs is 2. The van der Waals surface area contributed by atoms with E-state index < -0.39 is 0 Å². The van der Waals surface area contributed by atoms with Crippen molar-refractivity contribution < 1.29 is 0 Å². The largest absolute Gasteiger partial charge is 0.327 e. The number of aromatic nitrogens is 3. The lowest BCUT2D eigenvalue weighted by Crippen LogP contribution is -2.40. The minimum absolute atomic E-state index is 0.370. The summed E-state index contributed by atoms with van der Waals surface area (Å²) in [5, 5.41) is 0. The molecule has 1 aliphatic heterocycles. The molecule has 2 atom stereocenters. The molecule has 1 fully saturated rings. The Labute approximate surface area is 204 Å². The van der Waals surface area contributed by atoms with Crippen LogP contribution in [0.5, 0.6) is 0 Å². The van der Waals surface area contributed by atoms with Crippen LogP contribution in [0.25, 0.3) is 11.0 Å². The fourth-order valence-electron chi connectivity index (χ4n) is 5.90. The molecule has 34 heavy (non-hydrogen) atoms. The van der Waals surface area contributed by atoms with Gasteiger partial charge >= 0.3 is 0 Å². The van der Waals surface area contributed by atoms with Gasteiger partial charge in [0, 0.05) is 32.4 Å². The minimum atomic E-state index is 0.370. The zero-order valence-electron chi connectivity index (χ0n) is 21.2. The Kier molecular flexibility index (Phi) is 7.28. The van der Waals surface area contributed by atoms with Crippen molar-refractivity contribution in [1.29, 1.82) is 0 Å². The Morgan fingerprint density at radius 1 is 1.03 bits per heavy atom. The monoisotopic (exact) mass is 460 g/mol. The Bertz CT molecular complexity index is 1090. The topological polar surface area (TPSA) is 40.4 Å². The third-order valence-electron chi connectivity index (χ3n) is 7.73. The third kappa shape index (κ3) is 5.19. The zero-order chi connectivity index (χ0) is 23.5. The molecule has 6 nitrogen and oxygen atoms in total. The fourth-order valence-corrected chi connectivity index (χ4v) is 5.90. The van der Waals surface area contributed by atoms with Gasteiger partial charge in [-0.3, -0.25) is 9.88 Å². The molecule has 1 aliphatic carbocycles. The van der Waals surface area contributed by atoms with Gasteiger partial charge in [0.05, 0.1) is 29.3 Å². The molecule has 0 saturated carbocycles. The standard InChI is InChI=1S/C28H40N6/c1-31(2)17-18-33-16-8-9-22(19-33)20-34-25-13-5-4-12-24(25)30-27(34)21-32(3)26-14-6-10-23-11-7-15-29-28(23)26/h4-5,7,11-13,15,22,26H,6,8-10,14,16-21H2,1-3H3/t22-,26-/m0/s1. The van der Waals surface area contributed by atoms with Gasteiger partial charge in [-0.25, -0.2) is 4.98 Å². The quantitative estimate of drug-likeness (QED) is 0.504. The number of likely N-dealkylation sites (N-methyl/N-ethyl adjacent to an activating group) is 1. The smallest absolute Gasteiger partial charge is 0.124 e. The van der Waals surface area contributed by atoms with Crippen molar-refractivity contribution in [2.75, 3.05) is 47.3 Å². The lowest BCUT2D eigenvalue weighted by atomic mass is 9.91. The number of imidazole rings is 1. The first-order valence-corrected chi connectivity index (χ1v) is 13.0. The zero-order valence-corrected chi connectivity index (χ0v) is 21.2. The number of rotatable bonds is 8. The fraction of sp³-hybridized carbons (Fsp3) is 0.571. The summed E-state index contributed by atoms with van der Waals surface area (Å²) in [5.74, 6) is 1.87. The summed E-state index contributed by atoms with van der Waals surface area (Å²) in [5.41, 5.74) is 5.08. The third-order valence-corrected chi connectivity index (χ3v) is 7.73. The number of benzene rings is 1. The van der Waals surface area contributed by atoms with Crippen molar-refractivity contribution >= 4 is 11.0 Å². The SMILES string of the molecule is CN(C)CCN1CCC[C@H](Cn2c(CN(C)[C@H]3CCCc4cccnc43)nc3ccccc32)C1. The second-order valence-electron chi connectivity index (χ2n) is 10.6. The highest BCUT2D eigenvalue weighted by Gasteiger charge is 2.27. The molecule has 0 unspecified atom stereocenters. The molecule has 1 saturated heterocycles. The van der Waals surface area contributed by atoms with Crippen LogP contribution in [0.4, 0.5) is 0 Å². The van der Waals surface area contributed by atoms with Crippen molar-refractivity contribution in [3.8, 4) is 0 Å². The second kappa shape index (κ2) is 10.5. The maximum atomic E-state index is 5.13. The molecule has 0 radical (unpaired) electrons. The highest BCUT2D eigenvalue weighted by atomic mass is 15.2. The van der Waals surface area contributed by atoms with E-state index in [4.69, 9.17) is 9.97 Å². The molecule has 3 heterocycles. The van der Waals surface area contributed by atoms with Crippen LogP contribution in [-0.2, 0) is 19.5 Å². The van der Waals surface area contributed by atoms with Gasteiger partial charge in [-0.1, -0.05) is 18.2 Å². The van der Waals surface area contributed by atoms with Gasteiger partial charge in [0.1, 0.15) is 5.82 Å². The Morgan fingerprint density at radius 3 is 2.79 bits per heavy atom. The summed E-state index contributed by atoms with van der Waals surface area (Å²) in [4.78, 5) is 17.3. The Hall–Kier alpha value is -2.28. The average Bonchev–Trinajstić information content (AvgIpc) is 3.19. The summed E-state index contributed by atoms with van der Waals surface area (Å²) >= 11 is 0. The molecule has 0 amide bonds. The van der Waals surface area contributed by atoms with Gasteiger partial charge in [0.25, 0.3) is 0 Å². The van der Waals surface area contributed by atoms with Crippen molar-refractivity contribution in [2.45, 2.75) is 51.2 Å². The molecule has 2 aromatic heterocycles. The van der Waals surface area contributed by atoms with E-state index in [9.17, 15) is 0 Å². The first kappa shape index (κ1) is 23.5. The van der Waals surface area contributed by atoms with Crippen LogP contribution in [0.1, 0.15) is 48.8 Å². The van der Waals surface area contributed by atoms with E-state index in [1.165, 1.54) is 61.4 Å². The number of likely N-dealkylation sites (tertiary alicyclic amines) is 1. The predicted octanol–water partition coefficient (Wildman–Crippen LogP) is 4.21. The van der Waals surface area contributed by atoms with Gasteiger partial charge < -0.3 is 14.4 Å². The predicted molar refractivity (Wildman–Crippen MR) is 139 cm³/mol. The van der Waals surface area contributed by atoms with Crippen LogP contribution in [0.2, 0.25) is 0 Å². The molecule has 1 aromatic carbocycles. The summed E-state index contributed by atoms with van der Waals surface area (Å²) in [6.45, 7) is 6.63. The van der Waals surface area contributed by atoms with Gasteiger partial charge in [-0.05, 0) is 89.5 Å². The molecule has 0 spiro atoms. The first-order chi connectivity index (χ1) is 16.6. The number of para-hydroxylation sites is 2. The molecule has 182 valence electrons. The van der Waals surface area contributed by atoms with E-state index >= 15 is 0 Å². The summed E-state index contributed by atoms with van der Waals surface area (Å²) in [6, 6.07) is 13.4. The number of aryl methyl sites for hydroxylation is 1. The molecule has 6 heteroatoms. The lowest BCUT2D eigenvalue weighted by molar-refractivity contribution is 0.149. The van der Waals surface area contributed by atoms with Crippen LogP contribution >= 0.6 is 0 Å². The van der Waals surface area contributed by atoms with Crippen molar-refractivity contribution in [3.05, 3.63) is 59.7 Å². The van der Waals surface area contributed by atoms with Crippen LogP contribution in [0, 0.1) is 5.92 Å². The van der Waals surface area contributed by atoms with Crippen LogP contribution in [0.3, 0.4) is 0 Å². The van der Waals surface area contributed by atoms with Gasteiger partial charge in [-0.2, -0.15) is 0 Å². The van der Waals surface area contributed by atoms with E-state index in [1.807, 2.05) is 6.20 Å². The van der Waals surface area contributed by atoms with Crippen LogP contribution < -0.4 is 0 Å². The number of piperidine rings is 1. The molecule has 3 aromatic rings. The van der Waals surface area contributed by atoms with E-state index in [0.717, 1.165) is 38.1 Å². The molecular weight excluding hydrogens is 420 g/mol. The normalized spacial score (nSPS) is 21.4. The van der Waals surface area contributed by atoms with Crippen molar-refractivity contribution in [2.24, 2.45) is 5.92 Å². The van der Waals surface area contributed by atoms with E-state index in [2.05, 4.69) is 76.8 Å². The minimum Gasteiger partial charge on any atom is -0.327 e. The Morgan fingerprint density at radius 2 is 1.91 bits per heavy atom. The van der Waals surface area contributed by atoms with E-state index in [0.29, 0.717) is 12.0 Å². The first-order valence-electron chi connectivity index (χ1n) is 13.0. The Balaban J connectivity index is 1.36. The van der Waals surface area contributed by atoms with Crippen molar-refractivity contribution in [1.82, 2.24) is 29.2 Å². The number of hydrogen-bond acceptors (Lipinski definition) is 5. The lowest BCUT2D eigenvalue weighted by Gasteiger charge is -2.34. The number of hydrogen-bond donors (Lipinski definition) is 0. The maximum absolute atomic E-state index is 5.13. The number of nitrogens with zero attached hydrogens (tertiary/aromatic N) is 6. The molecule has 5 rings (SSSR count). The summed E-state index contributed by atoms with van der Waals surface area (Å²) < 4.78 is 2.52. The second-order valence-corrected chi connectivity index (χ2v) is 10.6. The summed E-state index contributed by atoms with van der Waals surface area (Å²) in [6.07, 6.45) is 8.10.